The van der Waals surface area contributed by atoms with Gasteiger partial charge < -0.3 is 24.2 Å². The molecule has 6 rings (SSSR count). The molecule has 0 fully saturated rings. The van der Waals surface area contributed by atoms with Crippen molar-refractivity contribution in [1.29, 1.82) is 0 Å². The summed E-state index contributed by atoms with van der Waals surface area (Å²) in [4.78, 5) is 26.8. The number of carbonyl (C=O) groups is 2. The van der Waals surface area contributed by atoms with Gasteiger partial charge in [0.25, 0.3) is 0 Å². The topological polar surface area (TPSA) is 101 Å². The third-order valence-corrected chi connectivity index (χ3v) is 8.37. The van der Waals surface area contributed by atoms with E-state index in [2.05, 4.69) is 10.2 Å². The van der Waals surface area contributed by atoms with E-state index in [-0.39, 0.29) is 6.09 Å². The molecule has 3 heterocycles. The fraction of sp³-hybridized carbons (Fsp3) is 0.297. The highest BCUT2D eigenvalue weighted by molar-refractivity contribution is 5.75. The Bertz CT molecular complexity index is 1840. The number of hydrogen-bond donors (Lipinski definition) is 1. The van der Waals surface area contributed by atoms with Gasteiger partial charge in [-0.05, 0) is 73.6 Å². The minimum Gasteiger partial charge on any atom is -0.465 e. The van der Waals surface area contributed by atoms with E-state index in [0.717, 1.165) is 33.4 Å². The minimum absolute atomic E-state index is 0.349. The second kappa shape index (κ2) is 13.2. The van der Waals surface area contributed by atoms with E-state index < -0.39 is 17.5 Å². The summed E-state index contributed by atoms with van der Waals surface area (Å²) in [5.74, 6) is 0.640. The van der Waals surface area contributed by atoms with Gasteiger partial charge in [-0.1, -0.05) is 72.8 Å². The smallest absolute Gasteiger partial charge is 0.410 e. The molecule has 0 spiro atoms. The molecule has 0 radical (unpaired) electrons. The van der Waals surface area contributed by atoms with E-state index in [1.165, 1.54) is 11.0 Å². The summed E-state index contributed by atoms with van der Waals surface area (Å²) in [6.45, 7) is 7.70. The lowest BCUT2D eigenvalue weighted by molar-refractivity contribution is 0.0270. The van der Waals surface area contributed by atoms with Crippen LogP contribution in [0, 0.1) is 5.82 Å². The maximum absolute atomic E-state index is 15.9. The summed E-state index contributed by atoms with van der Waals surface area (Å²) in [7, 11) is 0. The lowest BCUT2D eigenvalue weighted by atomic mass is 9.98. The highest BCUT2D eigenvalue weighted by Crippen LogP contribution is 2.32. The number of benzene rings is 3. The third-order valence-electron chi connectivity index (χ3n) is 8.37. The average Bonchev–Trinajstić information content (AvgIpc) is 3.47. The summed E-state index contributed by atoms with van der Waals surface area (Å²) < 4.78 is 23.3. The van der Waals surface area contributed by atoms with Crippen molar-refractivity contribution >= 4 is 23.3 Å². The molecule has 10 heteroatoms. The fourth-order valence-corrected chi connectivity index (χ4v) is 5.89. The van der Waals surface area contributed by atoms with Gasteiger partial charge in [-0.3, -0.25) is 0 Å². The van der Waals surface area contributed by atoms with Crippen LogP contribution in [0.4, 0.5) is 14.0 Å². The maximum atomic E-state index is 15.9. The van der Waals surface area contributed by atoms with Crippen molar-refractivity contribution < 1.29 is 23.8 Å². The van der Waals surface area contributed by atoms with Crippen LogP contribution in [0.1, 0.15) is 50.3 Å². The van der Waals surface area contributed by atoms with Crippen LogP contribution in [-0.2, 0) is 11.3 Å². The molecule has 1 N–H and O–H groups in total. The van der Waals surface area contributed by atoms with E-state index in [1.54, 1.807) is 11.0 Å². The second-order valence-corrected chi connectivity index (χ2v) is 12.8. The molecule has 4 aromatic rings. The molecule has 3 aromatic carbocycles. The number of carbonyl (C=O) groups excluding carboxylic acids is 1. The molecule has 0 bridgehead atoms. The molecular weight excluding hydrogens is 597 g/mol. The highest BCUT2D eigenvalue weighted by Gasteiger charge is 2.25. The zero-order valence-electron chi connectivity index (χ0n) is 26.8. The molecule has 0 saturated carbocycles. The van der Waals surface area contributed by atoms with Crippen molar-refractivity contribution in [2.75, 3.05) is 26.2 Å². The minimum atomic E-state index is -0.909. The van der Waals surface area contributed by atoms with Crippen LogP contribution in [0.5, 0.6) is 0 Å². The maximum Gasteiger partial charge on any atom is 0.410 e. The molecule has 2 amide bonds. The Balaban J connectivity index is 1.27. The number of halogens is 1. The molecular formula is C37H38FN5O4. The van der Waals surface area contributed by atoms with Crippen molar-refractivity contribution in [3.8, 4) is 22.8 Å². The summed E-state index contributed by atoms with van der Waals surface area (Å²) in [5.41, 5.74) is 5.53. The van der Waals surface area contributed by atoms with Crippen molar-refractivity contribution in [1.82, 2.24) is 24.6 Å². The van der Waals surface area contributed by atoms with Gasteiger partial charge in [-0.2, -0.15) is 0 Å². The number of aromatic nitrogens is 3. The Morgan fingerprint density at radius 3 is 2.00 bits per heavy atom. The predicted octanol–water partition coefficient (Wildman–Crippen LogP) is 7.59. The monoisotopic (exact) mass is 635 g/mol. The standard InChI is InChI=1S/C37H38FN5O4/c1-37(2,3)47-36(46)42-21-17-28(18-22-42)30-13-14-31(32(38)23-30)34-40-39-33(43(34)24-25-7-5-4-6-8-25)29-11-9-26(10-12-29)27-15-19-41(20-16-27)35(44)45/h4-15,17,23H,16,18-22,24H2,1-3H3,(H,44,45). The first-order valence-corrected chi connectivity index (χ1v) is 15.8. The van der Waals surface area contributed by atoms with E-state index in [0.29, 0.717) is 62.8 Å². The van der Waals surface area contributed by atoms with Gasteiger partial charge in [-0.25, -0.2) is 14.0 Å². The molecule has 2 aliphatic rings. The van der Waals surface area contributed by atoms with Crippen LogP contribution in [0.25, 0.3) is 33.9 Å². The van der Waals surface area contributed by atoms with E-state index in [9.17, 15) is 14.7 Å². The molecule has 0 atom stereocenters. The van der Waals surface area contributed by atoms with Crippen molar-refractivity contribution in [3.05, 3.63) is 107 Å². The first-order valence-electron chi connectivity index (χ1n) is 15.8. The largest absolute Gasteiger partial charge is 0.465 e. The van der Waals surface area contributed by atoms with Gasteiger partial charge in [0.05, 0.1) is 12.1 Å². The Hall–Kier alpha value is -5.25. The molecule has 0 aliphatic carbocycles. The van der Waals surface area contributed by atoms with Gasteiger partial charge in [0.2, 0.25) is 0 Å². The lowest BCUT2D eigenvalue weighted by Crippen LogP contribution is -2.39. The summed E-state index contributed by atoms with van der Waals surface area (Å²) >= 11 is 0. The van der Waals surface area contributed by atoms with Gasteiger partial charge in [0.15, 0.2) is 11.6 Å². The lowest BCUT2D eigenvalue weighted by Gasteiger charge is -2.29. The average molecular weight is 636 g/mol. The Morgan fingerprint density at radius 2 is 1.40 bits per heavy atom. The molecule has 0 unspecified atom stereocenters. The number of nitrogens with zero attached hydrogens (tertiary/aromatic N) is 5. The van der Waals surface area contributed by atoms with Crippen LogP contribution in [0.15, 0.2) is 84.9 Å². The van der Waals surface area contributed by atoms with Gasteiger partial charge >= 0.3 is 12.2 Å². The van der Waals surface area contributed by atoms with Crippen LogP contribution in [0.2, 0.25) is 0 Å². The van der Waals surface area contributed by atoms with Gasteiger partial charge in [0.1, 0.15) is 11.4 Å². The van der Waals surface area contributed by atoms with E-state index in [1.807, 2.05) is 98.2 Å². The molecule has 9 nitrogen and oxygen atoms in total. The van der Waals surface area contributed by atoms with Crippen molar-refractivity contribution in [2.45, 2.75) is 45.8 Å². The van der Waals surface area contributed by atoms with E-state index in [4.69, 9.17) is 4.74 Å². The third kappa shape index (κ3) is 7.27. The zero-order chi connectivity index (χ0) is 33.1. The van der Waals surface area contributed by atoms with Crippen LogP contribution in [0.3, 0.4) is 0 Å². The highest BCUT2D eigenvalue weighted by atomic mass is 19.1. The van der Waals surface area contributed by atoms with Crippen molar-refractivity contribution in [2.24, 2.45) is 0 Å². The molecule has 0 saturated heterocycles. The summed E-state index contributed by atoms with van der Waals surface area (Å²) in [5, 5.41) is 18.3. The number of hydrogen-bond acceptors (Lipinski definition) is 5. The number of carboxylic acid groups (broad SMARTS) is 1. The van der Waals surface area contributed by atoms with Crippen LogP contribution >= 0.6 is 0 Å². The Morgan fingerprint density at radius 1 is 0.809 bits per heavy atom. The molecule has 2 aliphatic heterocycles. The second-order valence-electron chi connectivity index (χ2n) is 12.8. The Labute approximate surface area is 273 Å². The summed E-state index contributed by atoms with van der Waals surface area (Å²) in [6.07, 6.45) is 3.89. The normalized spacial score (nSPS) is 15.2. The van der Waals surface area contributed by atoms with Gasteiger partial charge in [0, 0.05) is 31.7 Å². The molecule has 242 valence electrons. The number of ether oxygens (including phenoxy) is 1. The predicted molar refractivity (Wildman–Crippen MR) is 179 cm³/mol. The molecule has 47 heavy (non-hydrogen) atoms. The zero-order valence-corrected chi connectivity index (χ0v) is 26.8. The first-order chi connectivity index (χ1) is 22.6. The summed E-state index contributed by atoms with van der Waals surface area (Å²) in [6, 6.07) is 23.1. The van der Waals surface area contributed by atoms with Crippen LogP contribution in [-0.4, -0.2) is 73.6 Å². The number of amides is 2. The SMILES string of the molecule is CC(C)(C)OC(=O)N1CC=C(c2ccc(-c3nnc(-c4ccc(C5=CCN(C(=O)O)CC5)cc4)n3Cc3ccccc3)c(F)c2)CC1. The molecule has 1 aromatic heterocycles. The number of rotatable bonds is 6. The first kappa shape index (κ1) is 31.7. The van der Waals surface area contributed by atoms with Crippen molar-refractivity contribution in [3.63, 3.8) is 0 Å². The van der Waals surface area contributed by atoms with E-state index >= 15 is 4.39 Å². The Kier molecular flexibility index (Phi) is 8.93. The van der Waals surface area contributed by atoms with Crippen LogP contribution < -0.4 is 0 Å². The van der Waals surface area contributed by atoms with Gasteiger partial charge in [-0.15, -0.1) is 10.2 Å². The fourth-order valence-electron chi connectivity index (χ4n) is 5.89. The quantitative estimate of drug-likeness (QED) is 0.234.